The zero-order valence-electron chi connectivity index (χ0n) is 16.2. The van der Waals surface area contributed by atoms with Crippen molar-refractivity contribution in [3.8, 4) is 0 Å². The SMILES string of the molecule is Cc1ccc(C2=C(SCc3ccco3)C(=O)N(c3ccc(F)c(Cl)c3)C2=O)cc1C. The van der Waals surface area contributed by atoms with Crippen LogP contribution in [0.5, 0.6) is 0 Å². The van der Waals surface area contributed by atoms with E-state index in [0.717, 1.165) is 22.1 Å². The van der Waals surface area contributed by atoms with Gasteiger partial charge in [0, 0.05) is 0 Å². The van der Waals surface area contributed by atoms with E-state index < -0.39 is 17.6 Å². The average Bonchev–Trinajstić information content (AvgIpc) is 3.31. The van der Waals surface area contributed by atoms with E-state index in [0.29, 0.717) is 27.6 Å². The van der Waals surface area contributed by atoms with E-state index in [1.165, 1.54) is 23.9 Å². The number of carbonyl (C=O) groups excluding carboxylic acids is 2. The number of imide groups is 1. The average molecular weight is 442 g/mol. The summed E-state index contributed by atoms with van der Waals surface area (Å²) in [6, 6.07) is 13.0. The first-order valence-corrected chi connectivity index (χ1v) is 10.5. The van der Waals surface area contributed by atoms with Gasteiger partial charge < -0.3 is 4.42 Å². The van der Waals surface area contributed by atoms with Crippen molar-refractivity contribution in [2.45, 2.75) is 19.6 Å². The minimum Gasteiger partial charge on any atom is -0.468 e. The molecule has 0 saturated heterocycles. The molecule has 0 unspecified atom stereocenters. The third kappa shape index (κ3) is 3.68. The Morgan fingerprint density at radius 3 is 2.50 bits per heavy atom. The zero-order chi connectivity index (χ0) is 21.4. The van der Waals surface area contributed by atoms with Gasteiger partial charge in [0.1, 0.15) is 11.6 Å². The van der Waals surface area contributed by atoms with Crippen LogP contribution in [0.15, 0.2) is 64.1 Å². The molecule has 1 aromatic heterocycles. The molecule has 0 atom stereocenters. The second-order valence-corrected chi connectivity index (χ2v) is 8.31. The highest BCUT2D eigenvalue weighted by Crippen LogP contribution is 2.40. The Hall–Kier alpha value is -2.83. The van der Waals surface area contributed by atoms with Crippen molar-refractivity contribution >= 4 is 46.4 Å². The van der Waals surface area contributed by atoms with Crippen molar-refractivity contribution < 1.29 is 18.4 Å². The Labute approximate surface area is 182 Å². The largest absolute Gasteiger partial charge is 0.468 e. The van der Waals surface area contributed by atoms with Crippen LogP contribution in [0.4, 0.5) is 10.1 Å². The lowest BCUT2D eigenvalue weighted by Crippen LogP contribution is -2.31. The summed E-state index contributed by atoms with van der Waals surface area (Å²) in [6.07, 6.45) is 1.56. The summed E-state index contributed by atoms with van der Waals surface area (Å²) in [7, 11) is 0. The molecule has 0 saturated carbocycles. The molecule has 3 aromatic rings. The van der Waals surface area contributed by atoms with Crippen LogP contribution < -0.4 is 4.90 Å². The summed E-state index contributed by atoms with van der Waals surface area (Å²) in [5.41, 5.74) is 3.31. The van der Waals surface area contributed by atoms with Crippen LogP contribution in [0.2, 0.25) is 5.02 Å². The van der Waals surface area contributed by atoms with Gasteiger partial charge in [-0.05, 0) is 60.9 Å². The Morgan fingerprint density at radius 1 is 1.03 bits per heavy atom. The van der Waals surface area contributed by atoms with Gasteiger partial charge in [0.15, 0.2) is 0 Å². The fourth-order valence-corrected chi connectivity index (χ4v) is 4.38. The van der Waals surface area contributed by atoms with E-state index in [2.05, 4.69) is 0 Å². The van der Waals surface area contributed by atoms with Crippen LogP contribution in [-0.2, 0) is 15.3 Å². The summed E-state index contributed by atoms with van der Waals surface area (Å²) in [6.45, 7) is 3.93. The minimum absolute atomic E-state index is 0.155. The number of benzene rings is 2. The second-order valence-electron chi connectivity index (χ2n) is 6.92. The fourth-order valence-electron chi connectivity index (χ4n) is 3.19. The number of anilines is 1. The van der Waals surface area contributed by atoms with Gasteiger partial charge >= 0.3 is 0 Å². The molecule has 2 aromatic carbocycles. The number of nitrogens with zero attached hydrogens (tertiary/aromatic N) is 1. The van der Waals surface area contributed by atoms with Gasteiger partial charge in [-0.25, -0.2) is 9.29 Å². The third-order valence-corrected chi connectivity index (χ3v) is 6.32. The van der Waals surface area contributed by atoms with Gasteiger partial charge in [0.05, 0.1) is 33.2 Å². The van der Waals surface area contributed by atoms with Gasteiger partial charge in [-0.1, -0.05) is 29.8 Å². The van der Waals surface area contributed by atoms with Crippen LogP contribution in [0, 0.1) is 19.7 Å². The number of hydrogen-bond acceptors (Lipinski definition) is 4. The normalized spacial score (nSPS) is 14.2. The number of thioether (sulfide) groups is 1. The Balaban J connectivity index is 1.78. The van der Waals surface area contributed by atoms with Gasteiger partial charge in [-0.15, -0.1) is 11.8 Å². The monoisotopic (exact) mass is 441 g/mol. The van der Waals surface area contributed by atoms with Crippen molar-refractivity contribution in [2.24, 2.45) is 0 Å². The van der Waals surface area contributed by atoms with Gasteiger partial charge in [-0.2, -0.15) is 0 Å². The first-order chi connectivity index (χ1) is 14.4. The van der Waals surface area contributed by atoms with Crippen LogP contribution in [-0.4, -0.2) is 11.8 Å². The molecule has 0 bridgehead atoms. The van der Waals surface area contributed by atoms with E-state index in [4.69, 9.17) is 16.0 Å². The van der Waals surface area contributed by atoms with Gasteiger partial charge in [0.2, 0.25) is 0 Å². The standard InChI is InChI=1S/C23H17ClFNO3S/c1-13-5-6-15(10-14(13)2)20-21(30-12-17-4-3-9-29-17)23(28)26(22(20)27)16-7-8-19(25)18(24)11-16/h3-11H,12H2,1-2H3. The highest BCUT2D eigenvalue weighted by atomic mass is 35.5. The molecule has 1 aliphatic heterocycles. The smallest absolute Gasteiger partial charge is 0.272 e. The number of hydrogen-bond donors (Lipinski definition) is 0. The second kappa shape index (κ2) is 8.13. The maximum atomic E-state index is 13.6. The molecule has 0 spiro atoms. The molecule has 7 heteroatoms. The minimum atomic E-state index is -0.616. The van der Waals surface area contributed by atoms with Crippen LogP contribution in [0.3, 0.4) is 0 Å². The van der Waals surface area contributed by atoms with E-state index in [9.17, 15) is 14.0 Å². The molecule has 152 valence electrons. The van der Waals surface area contributed by atoms with Crippen molar-refractivity contribution in [3.05, 3.63) is 93.0 Å². The number of aryl methyl sites for hydroxylation is 2. The molecule has 0 N–H and O–H groups in total. The topological polar surface area (TPSA) is 50.5 Å². The zero-order valence-corrected chi connectivity index (χ0v) is 17.8. The lowest BCUT2D eigenvalue weighted by Gasteiger charge is -2.15. The predicted molar refractivity (Wildman–Crippen MR) is 117 cm³/mol. The highest BCUT2D eigenvalue weighted by Gasteiger charge is 2.40. The Morgan fingerprint density at radius 2 is 1.83 bits per heavy atom. The molecular formula is C23H17ClFNO3S. The molecule has 30 heavy (non-hydrogen) atoms. The molecule has 0 fully saturated rings. The maximum absolute atomic E-state index is 13.6. The summed E-state index contributed by atoms with van der Waals surface area (Å²) in [5.74, 6) is -0.460. The van der Waals surface area contributed by atoms with Crippen molar-refractivity contribution in [1.29, 1.82) is 0 Å². The molecule has 4 nitrogen and oxygen atoms in total. The maximum Gasteiger partial charge on any atom is 0.272 e. The first kappa shape index (κ1) is 20.4. The third-order valence-electron chi connectivity index (χ3n) is 4.94. The lowest BCUT2D eigenvalue weighted by atomic mass is 10.0. The van der Waals surface area contributed by atoms with Crippen molar-refractivity contribution in [1.82, 2.24) is 0 Å². The van der Waals surface area contributed by atoms with Crippen LogP contribution >= 0.6 is 23.4 Å². The van der Waals surface area contributed by atoms with E-state index in [1.807, 2.05) is 38.1 Å². The van der Waals surface area contributed by atoms with E-state index in [1.54, 1.807) is 12.3 Å². The Bertz CT molecular complexity index is 1190. The number of furan rings is 1. The van der Waals surface area contributed by atoms with E-state index in [-0.39, 0.29) is 10.7 Å². The molecular weight excluding hydrogens is 425 g/mol. The first-order valence-electron chi connectivity index (χ1n) is 9.17. The number of halogens is 2. The fraction of sp³-hybridized carbons (Fsp3) is 0.130. The van der Waals surface area contributed by atoms with Crippen LogP contribution in [0.1, 0.15) is 22.5 Å². The Kier molecular flexibility index (Phi) is 5.54. The molecule has 2 heterocycles. The van der Waals surface area contributed by atoms with Gasteiger partial charge in [-0.3, -0.25) is 9.59 Å². The quantitative estimate of drug-likeness (QED) is 0.462. The molecule has 1 aliphatic rings. The number of carbonyl (C=O) groups is 2. The summed E-state index contributed by atoms with van der Waals surface area (Å²) in [4.78, 5) is 28.0. The number of amides is 2. The molecule has 0 radical (unpaired) electrons. The van der Waals surface area contributed by atoms with Crippen molar-refractivity contribution in [3.63, 3.8) is 0 Å². The predicted octanol–water partition coefficient (Wildman–Crippen LogP) is 5.91. The summed E-state index contributed by atoms with van der Waals surface area (Å²) in [5, 5.41) is -0.155. The summed E-state index contributed by atoms with van der Waals surface area (Å²) >= 11 is 7.13. The lowest BCUT2D eigenvalue weighted by molar-refractivity contribution is -0.119. The van der Waals surface area contributed by atoms with E-state index >= 15 is 0 Å². The molecule has 0 aliphatic carbocycles. The highest BCUT2D eigenvalue weighted by molar-refractivity contribution is 8.03. The molecule has 4 rings (SSSR count). The van der Waals surface area contributed by atoms with Crippen molar-refractivity contribution in [2.75, 3.05) is 4.90 Å². The molecule has 2 amide bonds. The van der Waals surface area contributed by atoms with Crippen LogP contribution in [0.25, 0.3) is 5.57 Å². The number of rotatable bonds is 5. The van der Waals surface area contributed by atoms with Gasteiger partial charge in [0.25, 0.3) is 11.8 Å². The summed E-state index contributed by atoms with van der Waals surface area (Å²) < 4.78 is 19.0.